The average Bonchev–Trinajstić information content (AvgIpc) is 3.34. The first-order chi connectivity index (χ1) is 10.2. The van der Waals surface area contributed by atoms with Crippen molar-refractivity contribution >= 4 is 5.91 Å². The lowest BCUT2D eigenvalue weighted by atomic mass is 9.91. The molecule has 4 heteroatoms. The minimum atomic E-state index is 0.288. The zero-order valence-electron chi connectivity index (χ0n) is 13.0. The molecule has 2 aliphatic heterocycles. The second-order valence-electron chi connectivity index (χ2n) is 7.67. The molecule has 4 fully saturated rings. The van der Waals surface area contributed by atoms with Gasteiger partial charge < -0.3 is 14.4 Å². The third-order valence-electron chi connectivity index (χ3n) is 5.86. The first kappa shape index (κ1) is 14.0. The van der Waals surface area contributed by atoms with Gasteiger partial charge in [-0.1, -0.05) is 6.92 Å². The van der Waals surface area contributed by atoms with E-state index >= 15 is 0 Å². The van der Waals surface area contributed by atoms with Crippen molar-refractivity contribution in [2.75, 3.05) is 32.9 Å². The molecule has 0 aromatic heterocycles. The monoisotopic (exact) mass is 293 g/mol. The van der Waals surface area contributed by atoms with E-state index in [1.165, 1.54) is 12.8 Å². The third-order valence-corrected chi connectivity index (χ3v) is 5.86. The molecule has 0 aromatic rings. The van der Waals surface area contributed by atoms with E-state index in [1.54, 1.807) is 0 Å². The van der Waals surface area contributed by atoms with Crippen LogP contribution in [0.1, 0.15) is 32.6 Å². The van der Waals surface area contributed by atoms with E-state index in [4.69, 9.17) is 9.47 Å². The van der Waals surface area contributed by atoms with Crippen molar-refractivity contribution in [3.63, 3.8) is 0 Å². The summed E-state index contributed by atoms with van der Waals surface area (Å²) in [6.45, 7) is 6.60. The zero-order chi connectivity index (χ0) is 14.4. The van der Waals surface area contributed by atoms with Gasteiger partial charge in [-0.15, -0.1) is 0 Å². The number of amides is 1. The molecule has 0 spiro atoms. The van der Waals surface area contributed by atoms with Crippen LogP contribution in [-0.4, -0.2) is 49.8 Å². The fourth-order valence-electron chi connectivity index (χ4n) is 3.95. The summed E-state index contributed by atoms with van der Waals surface area (Å²) in [6.07, 6.45) is 5.18. The maximum Gasteiger partial charge on any atom is 0.226 e. The van der Waals surface area contributed by atoms with Crippen molar-refractivity contribution in [3.05, 3.63) is 0 Å². The van der Waals surface area contributed by atoms with Crippen LogP contribution < -0.4 is 0 Å². The minimum absolute atomic E-state index is 0.288. The molecule has 21 heavy (non-hydrogen) atoms. The van der Waals surface area contributed by atoms with E-state index < -0.39 is 0 Å². The van der Waals surface area contributed by atoms with Crippen LogP contribution in [0.3, 0.4) is 0 Å². The highest BCUT2D eigenvalue weighted by molar-refractivity contribution is 5.82. The quantitative estimate of drug-likeness (QED) is 0.703. The number of hydrogen-bond donors (Lipinski definition) is 0. The Bertz CT molecular complexity index is 409. The Hall–Kier alpha value is -0.610. The molecule has 0 N–H and O–H groups in total. The smallest absolute Gasteiger partial charge is 0.226 e. The molecule has 4 nitrogen and oxygen atoms in total. The van der Waals surface area contributed by atoms with E-state index in [-0.39, 0.29) is 6.10 Å². The van der Waals surface area contributed by atoms with Gasteiger partial charge in [-0.3, -0.25) is 4.79 Å². The lowest BCUT2D eigenvalue weighted by Crippen LogP contribution is -2.32. The third kappa shape index (κ3) is 2.98. The lowest BCUT2D eigenvalue weighted by molar-refractivity contribution is -0.132. The molecule has 2 saturated heterocycles. The number of rotatable bonds is 6. The Balaban J connectivity index is 1.24. The molecule has 118 valence electrons. The number of carbonyl (C=O) groups is 1. The fourth-order valence-corrected chi connectivity index (χ4v) is 3.95. The number of fused-ring (bicyclic) bond motifs is 1. The SMILES string of the molecule is C[C@@H]1C[C@H]1C(=O)N1C[C@H]2[C@@H](CCOCC3CC3)CO[C@H]2C1. The lowest BCUT2D eigenvalue weighted by Gasteiger charge is -2.20. The van der Waals surface area contributed by atoms with E-state index in [1.807, 2.05) is 0 Å². The summed E-state index contributed by atoms with van der Waals surface area (Å²) in [5.74, 6) is 3.27. The summed E-state index contributed by atoms with van der Waals surface area (Å²) in [5, 5.41) is 0. The summed E-state index contributed by atoms with van der Waals surface area (Å²) in [6, 6.07) is 0. The highest BCUT2D eigenvalue weighted by atomic mass is 16.5. The highest BCUT2D eigenvalue weighted by Crippen LogP contribution is 2.42. The number of likely N-dealkylation sites (tertiary alicyclic amines) is 1. The van der Waals surface area contributed by atoms with E-state index in [2.05, 4.69) is 11.8 Å². The Labute approximate surface area is 127 Å². The normalized spacial score (nSPS) is 41.4. The molecule has 2 aliphatic carbocycles. The predicted octanol–water partition coefficient (Wildman–Crippen LogP) is 1.93. The molecule has 2 saturated carbocycles. The van der Waals surface area contributed by atoms with Crippen LogP contribution in [0.25, 0.3) is 0 Å². The van der Waals surface area contributed by atoms with Gasteiger partial charge >= 0.3 is 0 Å². The fraction of sp³-hybridized carbons (Fsp3) is 0.941. The summed E-state index contributed by atoms with van der Waals surface area (Å²) in [4.78, 5) is 14.4. The summed E-state index contributed by atoms with van der Waals surface area (Å²) >= 11 is 0. The molecule has 2 heterocycles. The zero-order valence-corrected chi connectivity index (χ0v) is 13.0. The second-order valence-corrected chi connectivity index (χ2v) is 7.67. The van der Waals surface area contributed by atoms with Crippen LogP contribution in [0.2, 0.25) is 0 Å². The van der Waals surface area contributed by atoms with Crippen molar-refractivity contribution in [3.8, 4) is 0 Å². The summed E-state index contributed by atoms with van der Waals surface area (Å²) in [7, 11) is 0. The predicted molar refractivity (Wildman–Crippen MR) is 78.7 cm³/mol. The summed E-state index contributed by atoms with van der Waals surface area (Å²) < 4.78 is 11.7. The van der Waals surface area contributed by atoms with Gasteiger partial charge in [0.25, 0.3) is 0 Å². The first-order valence-electron chi connectivity index (χ1n) is 8.70. The van der Waals surface area contributed by atoms with Crippen LogP contribution in [-0.2, 0) is 14.3 Å². The van der Waals surface area contributed by atoms with Crippen molar-refractivity contribution < 1.29 is 14.3 Å². The van der Waals surface area contributed by atoms with Gasteiger partial charge in [0.15, 0.2) is 0 Å². The van der Waals surface area contributed by atoms with Crippen LogP contribution in [0, 0.1) is 29.6 Å². The molecule has 0 bridgehead atoms. The van der Waals surface area contributed by atoms with E-state index in [9.17, 15) is 4.79 Å². The van der Waals surface area contributed by atoms with Crippen LogP contribution in [0.5, 0.6) is 0 Å². The first-order valence-corrected chi connectivity index (χ1v) is 8.70. The van der Waals surface area contributed by atoms with Crippen LogP contribution >= 0.6 is 0 Å². The number of carbonyl (C=O) groups excluding carboxylic acids is 1. The van der Waals surface area contributed by atoms with Crippen LogP contribution in [0.15, 0.2) is 0 Å². The van der Waals surface area contributed by atoms with E-state index in [0.717, 1.165) is 51.7 Å². The molecule has 0 aromatic carbocycles. The molecular formula is C17H27NO3. The second kappa shape index (κ2) is 5.54. The van der Waals surface area contributed by atoms with Gasteiger partial charge in [0.1, 0.15) is 0 Å². The van der Waals surface area contributed by atoms with Gasteiger partial charge in [-0.05, 0) is 43.4 Å². The summed E-state index contributed by atoms with van der Waals surface area (Å²) in [5.41, 5.74) is 0. The number of nitrogens with zero attached hydrogens (tertiary/aromatic N) is 1. The van der Waals surface area contributed by atoms with Crippen molar-refractivity contribution in [2.45, 2.75) is 38.7 Å². The molecule has 1 amide bonds. The van der Waals surface area contributed by atoms with Gasteiger partial charge in [0.2, 0.25) is 5.91 Å². The topological polar surface area (TPSA) is 38.8 Å². The molecular weight excluding hydrogens is 266 g/mol. The van der Waals surface area contributed by atoms with Crippen molar-refractivity contribution in [2.24, 2.45) is 29.6 Å². The van der Waals surface area contributed by atoms with Gasteiger partial charge in [0.05, 0.1) is 12.7 Å². The van der Waals surface area contributed by atoms with Crippen molar-refractivity contribution in [1.82, 2.24) is 4.90 Å². The van der Waals surface area contributed by atoms with Gasteiger partial charge in [-0.2, -0.15) is 0 Å². The Kier molecular flexibility index (Phi) is 3.70. The largest absolute Gasteiger partial charge is 0.381 e. The van der Waals surface area contributed by atoms with Gasteiger partial charge in [-0.25, -0.2) is 0 Å². The highest BCUT2D eigenvalue weighted by Gasteiger charge is 2.49. The molecule has 0 unspecified atom stereocenters. The molecule has 0 radical (unpaired) electrons. The molecule has 5 atom stereocenters. The standard InChI is InChI=1S/C17H27NO3/c1-11-6-14(11)17(19)18-7-15-13(10-21-16(15)8-18)4-5-20-9-12-2-3-12/h11-16H,2-10H2,1H3/t11-,13+,14-,15+,16+/m1/s1. The van der Waals surface area contributed by atoms with E-state index in [0.29, 0.717) is 29.6 Å². The Morgan fingerprint density at radius 2 is 2.14 bits per heavy atom. The maximum absolute atomic E-state index is 12.3. The number of hydrogen-bond acceptors (Lipinski definition) is 3. The van der Waals surface area contributed by atoms with Crippen LogP contribution in [0.4, 0.5) is 0 Å². The average molecular weight is 293 g/mol. The molecule has 4 rings (SSSR count). The number of ether oxygens (including phenoxy) is 2. The van der Waals surface area contributed by atoms with Gasteiger partial charge in [0, 0.05) is 38.1 Å². The Morgan fingerprint density at radius 3 is 2.86 bits per heavy atom. The van der Waals surface area contributed by atoms with Crippen molar-refractivity contribution in [1.29, 1.82) is 0 Å². The molecule has 4 aliphatic rings. The maximum atomic E-state index is 12.3. The Morgan fingerprint density at radius 1 is 1.33 bits per heavy atom. The minimum Gasteiger partial charge on any atom is -0.381 e.